The summed E-state index contributed by atoms with van der Waals surface area (Å²) in [6, 6.07) is 6.43. The Labute approximate surface area is 114 Å². The van der Waals surface area contributed by atoms with Gasteiger partial charge in [-0.05, 0) is 36.2 Å². The monoisotopic (exact) mass is 263 g/mol. The summed E-state index contributed by atoms with van der Waals surface area (Å²) in [6.45, 7) is 9.27. The highest BCUT2D eigenvalue weighted by Crippen LogP contribution is 2.18. The molecule has 0 saturated heterocycles. The van der Waals surface area contributed by atoms with Crippen LogP contribution in [0, 0.1) is 22.6 Å². The van der Waals surface area contributed by atoms with E-state index in [1.807, 2.05) is 0 Å². The van der Waals surface area contributed by atoms with Gasteiger partial charge in [-0.2, -0.15) is 5.26 Å². The molecular formula is C15H22FN3. The van der Waals surface area contributed by atoms with Crippen molar-refractivity contribution in [2.45, 2.75) is 27.3 Å². The number of hydrogen-bond donors (Lipinski definition) is 1. The van der Waals surface area contributed by atoms with Crippen LogP contribution in [0.1, 0.15) is 31.9 Å². The predicted molar refractivity (Wildman–Crippen MR) is 74.9 cm³/mol. The molecule has 0 heterocycles. The van der Waals surface area contributed by atoms with Gasteiger partial charge in [-0.15, -0.1) is 0 Å². The lowest BCUT2D eigenvalue weighted by atomic mass is 9.92. The minimum Gasteiger partial charge on any atom is -0.330 e. The van der Waals surface area contributed by atoms with Gasteiger partial charge in [0.05, 0.1) is 11.6 Å². The summed E-state index contributed by atoms with van der Waals surface area (Å²) < 4.78 is 13.1. The van der Waals surface area contributed by atoms with E-state index in [0.29, 0.717) is 18.7 Å². The average Bonchev–Trinajstić information content (AvgIpc) is 2.39. The number of rotatable bonds is 6. The molecule has 0 spiro atoms. The molecule has 3 nitrogen and oxygen atoms in total. The van der Waals surface area contributed by atoms with Gasteiger partial charge in [0.15, 0.2) is 0 Å². The van der Waals surface area contributed by atoms with Crippen LogP contribution in [0.2, 0.25) is 0 Å². The quantitative estimate of drug-likeness (QED) is 0.858. The van der Waals surface area contributed by atoms with Gasteiger partial charge in [-0.3, -0.25) is 4.90 Å². The minimum atomic E-state index is -0.370. The molecule has 0 aliphatic heterocycles. The fourth-order valence-electron chi connectivity index (χ4n) is 1.98. The highest BCUT2D eigenvalue weighted by Gasteiger charge is 2.20. The first-order chi connectivity index (χ1) is 8.91. The lowest BCUT2D eigenvalue weighted by Gasteiger charge is -2.31. The number of nitrogens with two attached hydrogens (primary N) is 1. The number of benzene rings is 1. The van der Waals surface area contributed by atoms with E-state index in [-0.39, 0.29) is 11.2 Å². The Morgan fingerprint density at radius 2 is 2.11 bits per heavy atom. The van der Waals surface area contributed by atoms with Gasteiger partial charge in [0.25, 0.3) is 0 Å². The molecule has 0 saturated carbocycles. The van der Waals surface area contributed by atoms with Crippen molar-refractivity contribution >= 4 is 0 Å². The van der Waals surface area contributed by atoms with Gasteiger partial charge in [-0.1, -0.05) is 26.8 Å². The molecular weight excluding hydrogens is 241 g/mol. The zero-order valence-corrected chi connectivity index (χ0v) is 11.9. The SMILES string of the molecule is CCN(Cc1ccc(F)cc1C#N)CC(C)(C)CN. The van der Waals surface area contributed by atoms with Crippen LogP contribution >= 0.6 is 0 Å². The van der Waals surface area contributed by atoms with Crippen molar-refractivity contribution in [3.05, 3.63) is 35.1 Å². The summed E-state index contributed by atoms with van der Waals surface area (Å²) in [7, 11) is 0. The van der Waals surface area contributed by atoms with E-state index in [9.17, 15) is 4.39 Å². The van der Waals surface area contributed by atoms with E-state index in [4.69, 9.17) is 11.0 Å². The van der Waals surface area contributed by atoms with Crippen molar-refractivity contribution in [1.29, 1.82) is 5.26 Å². The predicted octanol–water partition coefficient (Wildman–Crippen LogP) is 2.50. The fraction of sp³-hybridized carbons (Fsp3) is 0.533. The topological polar surface area (TPSA) is 53.0 Å². The maximum atomic E-state index is 13.1. The third-order valence-electron chi connectivity index (χ3n) is 3.24. The Hall–Kier alpha value is -1.44. The smallest absolute Gasteiger partial charge is 0.124 e. The average molecular weight is 263 g/mol. The Morgan fingerprint density at radius 1 is 1.42 bits per heavy atom. The zero-order chi connectivity index (χ0) is 14.5. The second kappa shape index (κ2) is 6.65. The second-order valence-electron chi connectivity index (χ2n) is 5.58. The maximum absolute atomic E-state index is 13.1. The van der Waals surface area contributed by atoms with Crippen LogP contribution in [0.4, 0.5) is 4.39 Å². The third kappa shape index (κ3) is 4.62. The fourth-order valence-corrected chi connectivity index (χ4v) is 1.98. The molecule has 0 bridgehead atoms. The molecule has 0 fully saturated rings. The molecule has 19 heavy (non-hydrogen) atoms. The molecule has 2 N–H and O–H groups in total. The van der Waals surface area contributed by atoms with Crippen LogP contribution < -0.4 is 5.73 Å². The first-order valence-corrected chi connectivity index (χ1v) is 6.53. The summed E-state index contributed by atoms with van der Waals surface area (Å²) in [6.07, 6.45) is 0. The molecule has 1 rings (SSSR count). The first-order valence-electron chi connectivity index (χ1n) is 6.53. The van der Waals surface area contributed by atoms with Gasteiger partial charge in [0.1, 0.15) is 5.82 Å². The lowest BCUT2D eigenvalue weighted by Crippen LogP contribution is -2.38. The van der Waals surface area contributed by atoms with E-state index in [0.717, 1.165) is 18.7 Å². The van der Waals surface area contributed by atoms with Gasteiger partial charge in [0, 0.05) is 13.1 Å². The van der Waals surface area contributed by atoms with Crippen LogP contribution in [0.3, 0.4) is 0 Å². The molecule has 0 atom stereocenters. The van der Waals surface area contributed by atoms with Crippen molar-refractivity contribution in [2.75, 3.05) is 19.6 Å². The maximum Gasteiger partial charge on any atom is 0.124 e. The minimum absolute atomic E-state index is 0.0306. The number of halogens is 1. The molecule has 0 aliphatic carbocycles. The van der Waals surface area contributed by atoms with E-state index in [1.54, 1.807) is 6.07 Å². The molecule has 4 heteroatoms. The standard InChI is InChI=1S/C15H22FN3/c1-4-19(11-15(2,3)10-18)9-12-5-6-14(16)7-13(12)8-17/h5-7H,4,9-11,18H2,1-3H3. The molecule has 0 aromatic heterocycles. The number of nitrogens with zero attached hydrogens (tertiary/aromatic N) is 2. The molecule has 0 aliphatic rings. The van der Waals surface area contributed by atoms with Crippen LogP contribution in [0.5, 0.6) is 0 Å². The van der Waals surface area contributed by atoms with Crippen molar-refractivity contribution in [1.82, 2.24) is 4.90 Å². The van der Waals surface area contributed by atoms with Crippen molar-refractivity contribution in [3.8, 4) is 6.07 Å². The van der Waals surface area contributed by atoms with Crippen LogP contribution in [0.15, 0.2) is 18.2 Å². The van der Waals surface area contributed by atoms with E-state index in [2.05, 4.69) is 31.7 Å². The Balaban J connectivity index is 2.85. The second-order valence-corrected chi connectivity index (χ2v) is 5.58. The van der Waals surface area contributed by atoms with Gasteiger partial charge in [-0.25, -0.2) is 4.39 Å². The zero-order valence-electron chi connectivity index (χ0n) is 11.9. The van der Waals surface area contributed by atoms with E-state index in [1.165, 1.54) is 12.1 Å². The highest BCUT2D eigenvalue weighted by atomic mass is 19.1. The lowest BCUT2D eigenvalue weighted by molar-refractivity contribution is 0.183. The van der Waals surface area contributed by atoms with Gasteiger partial charge in [0.2, 0.25) is 0 Å². The van der Waals surface area contributed by atoms with Crippen molar-refractivity contribution in [3.63, 3.8) is 0 Å². The Morgan fingerprint density at radius 3 is 2.63 bits per heavy atom. The Bertz CT molecular complexity index is 463. The highest BCUT2D eigenvalue weighted by molar-refractivity contribution is 5.37. The molecule has 1 aromatic rings. The summed E-state index contributed by atoms with van der Waals surface area (Å²) in [5.41, 5.74) is 7.05. The molecule has 0 unspecified atom stereocenters. The van der Waals surface area contributed by atoms with Crippen LogP contribution in [0.25, 0.3) is 0 Å². The largest absolute Gasteiger partial charge is 0.330 e. The summed E-state index contributed by atoms with van der Waals surface area (Å²) in [4.78, 5) is 2.22. The third-order valence-corrected chi connectivity index (χ3v) is 3.24. The van der Waals surface area contributed by atoms with Crippen molar-refractivity contribution < 1.29 is 4.39 Å². The van der Waals surface area contributed by atoms with E-state index >= 15 is 0 Å². The molecule has 1 aromatic carbocycles. The number of hydrogen-bond acceptors (Lipinski definition) is 3. The van der Waals surface area contributed by atoms with E-state index < -0.39 is 0 Å². The molecule has 104 valence electrons. The normalized spacial score (nSPS) is 11.6. The van der Waals surface area contributed by atoms with Gasteiger partial charge >= 0.3 is 0 Å². The summed E-state index contributed by atoms with van der Waals surface area (Å²) >= 11 is 0. The van der Waals surface area contributed by atoms with Gasteiger partial charge < -0.3 is 5.73 Å². The molecule has 0 radical (unpaired) electrons. The summed E-state index contributed by atoms with van der Waals surface area (Å²) in [5.74, 6) is -0.370. The van der Waals surface area contributed by atoms with Crippen LogP contribution in [-0.4, -0.2) is 24.5 Å². The van der Waals surface area contributed by atoms with Crippen molar-refractivity contribution in [2.24, 2.45) is 11.1 Å². The number of nitriles is 1. The summed E-state index contributed by atoms with van der Waals surface area (Å²) in [5, 5.41) is 9.05. The van der Waals surface area contributed by atoms with Crippen LogP contribution in [-0.2, 0) is 6.54 Å². The molecule has 0 amide bonds. The first kappa shape index (κ1) is 15.6. The Kier molecular flexibility index (Phi) is 5.46.